The Kier molecular flexibility index (Phi) is 4.81. The van der Waals surface area contributed by atoms with Crippen molar-refractivity contribution in [3.05, 3.63) is 53.1 Å². The molecule has 0 radical (unpaired) electrons. The lowest BCUT2D eigenvalue weighted by atomic mass is 10.1. The summed E-state index contributed by atoms with van der Waals surface area (Å²) in [6.45, 7) is 2.82. The van der Waals surface area contributed by atoms with Gasteiger partial charge in [-0.05, 0) is 42.5 Å². The fourth-order valence-electron chi connectivity index (χ4n) is 2.78. The van der Waals surface area contributed by atoms with Gasteiger partial charge in [0.15, 0.2) is 0 Å². The van der Waals surface area contributed by atoms with E-state index in [4.69, 9.17) is 16.3 Å². The number of rotatable bonds is 3. The van der Waals surface area contributed by atoms with E-state index >= 15 is 0 Å². The van der Waals surface area contributed by atoms with Crippen molar-refractivity contribution in [3.63, 3.8) is 0 Å². The Labute approximate surface area is 146 Å². The van der Waals surface area contributed by atoms with Crippen LogP contribution < -0.4 is 9.64 Å². The quantitative estimate of drug-likeness (QED) is 0.928. The van der Waals surface area contributed by atoms with Crippen molar-refractivity contribution in [1.29, 1.82) is 0 Å². The summed E-state index contributed by atoms with van der Waals surface area (Å²) in [6, 6.07) is 12.5. The molecule has 3 rings (SSSR count). The normalized spacial score (nSPS) is 14.6. The molecule has 0 aromatic heterocycles. The highest BCUT2D eigenvalue weighted by atomic mass is 35.5. The number of carbonyl (C=O) groups is 1. The topological polar surface area (TPSA) is 53.0 Å². The first-order valence-corrected chi connectivity index (χ1v) is 8.13. The molecule has 126 valence electrons. The summed E-state index contributed by atoms with van der Waals surface area (Å²) in [5, 5.41) is 9.65. The third-order valence-corrected chi connectivity index (χ3v) is 4.50. The zero-order chi connectivity index (χ0) is 17.1. The van der Waals surface area contributed by atoms with Crippen molar-refractivity contribution in [2.75, 3.05) is 38.2 Å². The molecular formula is C18H19ClN2O3. The van der Waals surface area contributed by atoms with Gasteiger partial charge in [-0.25, -0.2) is 0 Å². The van der Waals surface area contributed by atoms with Crippen LogP contribution in [0, 0.1) is 0 Å². The maximum Gasteiger partial charge on any atom is 0.254 e. The third kappa shape index (κ3) is 3.41. The maximum absolute atomic E-state index is 12.5. The lowest BCUT2D eigenvalue weighted by Gasteiger charge is -2.36. The fraction of sp³-hybridized carbons (Fsp3) is 0.278. The van der Waals surface area contributed by atoms with Crippen LogP contribution in [0.15, 0.2) is 42.5 Å². The highest BCUT2D eigenvalue weighted by molar-refractivity contribution is 6.32. The Hall–Kier alpha value is -2.40. The van der Waals surface area contributed by atoms with Crippen molar-refractivity contribution in [1.82, 2.24) is 4.90 Å². The van der Waals surface area contributed by atoms with Crippen LogP contribution in [0.25, 0.3) is 0 Å². The summed E-state index contributed by atoms with van der Waals surface area (Å²) in [6.07, 6.45) is 0. The van der Waals surface area contributed by atoms with Crippen LogP contribution in [0.5, 0.6) is 11.5 Å². The average molecular weight is 347 g/mol. The highest BCUT2D eigenvalue weighted by Crippen LogP contribution is 2.25. The van der Waals surface area contributed by atoms with Gasteiger partial charge in [0.1, 0.15) is 11.5 Å². The molecule has 2 aromatic carbocycles. The van der Waals surface area contributed by atoms with Gasteiger partial charge in [0.2, 0.25) is 0 Å². The summed E-state index contributed by atoms with van der Waals surface area (Å²) in [4.78, 5) is 16.6. The number of piperazine rings is 1. The minimum Gasteiger partial charge on any atom is -0.506 e. The summed E-state index contributed by atoms with van der Waals surface area (Å²) < 4.78 is 5.17. The molecule has 6 heteroatoms. The van der Waals surface area contributed by atoms with E-state index in [2.05, 4.69) is 4.90 Å². The van der Waals surface area contributed by atoms with Crippen LogP contribution in [-0.4, -0.2) is 49.2 Å². The average Bonchev–Trinajstić information content (AvgIpc) is 2.63. The molecule has 24 heavy (non-hydrogen) atoms. The molecule has 1 N–H and O–H groups in total. The second-order valence-electron chi connectivity index (χ2n) is 5.64. The molecular weight excluding hydrogens is 328 g/mol. The largest absolute Gasteiger partial charge is 0.506 e. The first-order valence-electron chi connectivity index (χ1n) is 7.75. The summed E-state index contributed by atoms with van der Waals surface area (Å²) in [5.74, 6) is 0.751. The van der Waals surface area contributed by atoms with Crippen LogP contribution in [0.1, 0.15) is 10.4 Å². The standard InChI is InChI=1S/C18H19ClN2O3/c1-24-15-5-3-14(4-6-15)20-8-10-21(11-9-20)18(23)13-2-7-17(22)16(19)12-13/h2-7,12,22H,8-11H2,1H3. The summed E-state index contributed by atoms with van der Waals surface area (Å²) in [5.41, 5.74) is 1.62. The molecule has 1 heterocycles. The van der Waals surface area contributed by atoms with Crippen LogP contribution in [0.3, 0.4) is 0 Å². The smallest absolute Gasteiger partial charge is 0.254 e. The Balaban J connectivity index is 1.63. The van der Waals surface area contributed by atoms with Gasteiger partial charge in [0.25, 0.3) is 5.91 Å². The predicted octanol–water partition coefficient (Wildman–Crippen LogP) is 3.02. The van der Waals surface area contributed by atoms with Gasteiger partial charge in [0.05, 0.1) is 12.1 Å². The number of hydrogen-bond donors (Lipinski definition) is 1. The summed E-state index contributed by atoms with van der Waals surface area (Å²) >= 11 is 5.89. The first-order chi connectivity index (χ1) is 11.6. The molecule has 1 aliphatic rings. The van der Waals surface area contributed by atoms with Crippen LogP contribution in [0.2, 0.25) is 5.02 Å². The number of aromatic hydroxyl groups is 1. The van der Waals surface area contributed by atoms with E-state index in [-0.39, 0.29) is 16.7 Å². The molecule has 0 saturated carbocycles. The zero-order valence-electron chi connectivity index (χ0n) is 13.4. The Morgan fingerprint density at radius 3 is 2.33 bits per heavy atom. The number of halogens is 1. The Morgan fingerprint density at radius 2 is 1.75 bits per heavy atom. The second kappa shape index (κ2) is 7.01. The SMILES string of the molecule is COc1ccc(N2CCN(C(=O)c3ccc(O)c(Cl)c3)CC2)cc1. The van der Waals surface area contributed by atoms with E-state index in [1.807, 2.05) is 29.2 Å². The molecule has 0 bridgehead atoms. The molecule has 0 unspecified atom stereocenters. The van der Waals surface area contributed by atoms with Crippen molar-refractivity contribution in [2.24, 2.45) is 0 Å². The molecule has 1 fully saturated rings. The van der Waals surface area contributed by atoms with Gasteiger partial charge < -0.3 is 19.6 Å². The number of phenolic OH excluding ortho intramolecular Hbond substituents is 1. The minimum absolute atomic E-state index is 0.0162. The van der Waals surface area contributed by atoms with Gasteiger partial charge in [-0.1, -0.05) is 11.6 Å². The molecule has 0 aliphatic carbocycles. The van der Waals surface area contributed by atoms with Crippen LogP contribution in [0.4, 0.5) is 5.69 Å². The lowest BCUT2D eigenvalue weighted by molar-refractivity contribution is 0.0747. The van der Waals surface area contributed by atoms with Crippen molar-refractivity contribution >= 4 is 23.2 Å². The lowest BCUT2D eigenvalue weighted by Crippen LogP contribution is -2.48. The molecule has 1 saturated heterocycles. The number of methoxy groups -OCH3 is 1. The molecule has 2 aromatic rings. The summed E-state index contributed by atoms with van der Waals surface area (Å²) in [7, 11) is 1.65. The van der Waals surface area contributed by atoms with Gasteiger partial charge in [-0.3, -0.25) is 4.79 Å². The monoisotopic (exact) mass is 346 g/mol. The Morgan fingerprint density at radius 1 is 1.08 bits per heavy atom. The Bertz CT molecular complexity index is 726. The number of hydrogen-bond acceptors (Lipinski definition) is 4. The minimum atomic E-state index is -0.0636. The van der Waals surface area contributed by atoms with E-state index in [0.717, 1.165) is 24.5 Å². The highest BCUT2D eigenvalue weighted by Gasteiger charge is 2.22. The third-order valence-electron chi connectivity index (χ3n) is 4.20. The number of ether oxygens (including phenoxy) is 1. The van der Waals surface area contributed by atoms with E-state index in [0.29, 0.717) is 18.7 Å². The van der Waals surface area contributed by atoms with Gasteiger partial charge in [0, 0.05) is 37.4 Å². The molecule has 0 atom stereocenters. The molecule has 5 nitrogen and oxygen atoms in total. The van der Waals surface area contributed by atoms with Crippen LogP contribution >= 0.6 is 11.6 Å². The molecule has 1 amide bonds. The van der Waals surface area contributed by atoms with E-state index in [1.54, 1.807) is 13.2 Å². The second-order valence-corrected chi connectivity index (χ2v) is 6.05. The number of phenols is 1. The number of anilines is 1. The first kappa shape index (κ1) is 16.5. The number of benzene rings is 2. The van der Waals surface area contributed by atoms with Crippen LogP contribution in [-0.2, 0) is 0 Å². The van der Waals surface area contributed by atoms with E-state index in [9.17, 15) is 9.90 Å². The predicted molar refractivity (Wildman–Crippen MR) is 94.2 cm³/mol. The van der Waals surface area contributed by atoms with E-state index in [1.165, 1.54) is 12.1 Å². The number of amides is 1. The zero-order valence-corrected chi connectivity index (χ0v) is 14.2. The van der Waals surface area contributed by atoms with Gasteiger partial charge >= 0.3 is 0 Å². The van der Waals surface area contributed by atoms with Crippen molar-refractivity contribution in [2.45, 2.75) is 0 Å². The van der Waals surface area contributed by atoms with Crippen molar-refractivity contribution < 1.29 is 14.6 Å². The molecule has 1 aliphatic heterocycles. The van der Waals surface area contributed by atoms with Gasteiger partial charge in [-0.15, -0.1) is 0 Å². The molecule has 0 spiro atoms. The number of carbonyl (C=O) groups excluding carboxylic acids is 1. The maximum atomic E-state index is 12.5. The van der Waals surface area contributed by atoms with Crippen molar-refractivity contribution in [3.8, 4) is 11.5 Å². The number of nitrogens with zero attached hydrogens (tertiary/aromatic N) is 2. The van der Waals surface area contributed by atoms with Gasteiger partial charge in [-0.2, -0.15) is 0 Å². The fourth-order valence-corrected chi connectivity index (χ4v) is 2.96. The van der Waals surface area contributed by atoms with E-state index < -0.39 is 0 Å².